The van der Waals surface area contributed by atoms with Crippen LogP contribution in [0, 0.1) is 11.3 Å². The van der Waals surface area contributed by atoms with Gasteiger partial charge in [0.05, 0.1) is 0 Å². The highest BCUT2D eigenvalue weighted by molar-refractivity contribution is 5.92. The summed E-state index contributed by atoms with van der Waals surface area (Å²) in [5.41, 5.74) is -1.01. The number of carboxylic acids is 1. The summed E-state index contributed by atoms with van der Waals surface area (Å²) < 4.78 is 37.6. The number of carbonyl (C=O) groups is 3. The van der Waals surface area contributed by atoms with Gasteiger partial charge in [0.1, 0.15) is 12.1 Å². The van der Waals surface area contributed by atoms with Crippen LogP contribution in [0.1, 0.15) is 40.5 Å². The number of alkyl halides is 3. The Hall–Kier alpha value is -1.80. The second-order valence-electron chi connectivity index (χ2n) is 7.04. The Labute approximate surface area is 138 Å². The first-order valence-corrected chi connectivity index (χ1v) is 7.71. The maximum atomic E-state index is 12.7. The van der Waals surface area contributed by atoms with E-state index in [9.17, 15) is 32.7 Å². The van der Waals surface area contributed by atoms with Gasteiger partial charge in [0.15, 0.2) is 0 Å². The van der Waals surface area contributed by atoms with Gasteiger partial charge in [0.25, 0.3) is 0 Å². The SMILES string of the molecule is CC[C@@H]1CCN(C(=O)[C@@H](NC(=O)C(F)(F)F)C(C)(C)C)[C@@H]1C(=O)O. The van der Waals surface area contributed by atoms with E-state index < -0.39 is 41.5 Å². The number of carboxylic acid groups (broad SMARTS) is 1. The molecule has 0 bridgehead atoms. The number of halogens is 3. The molecule has 9 heteroatoms. The third-order valence-electron chi connectivity index (χ3n) is 4.23. The number of hydrogen-bond donors (Lipinski definition) is 2. The molecular formula is C15H23F3N2O4. The van der Waals surface area contributed by atoms with Crippen LogP contribution in [0.4, 0.5) is 13.2 Å². The summed E-state index contributed by atoms with van der Waals surface area (Å²) in [6.07, 6.45) is -4.12. The van der Waals surface area contributed by atoms with Gasteiger partial charge in [-0.2, -0.15) is 13.2 Å². The lowest BCUT2D eigenvalue weighted by molar-refractivity contribution is -0.176. The van der Waals surface area contributed by atoms with Crippen LogP contribution < -0.4 is 5.32 Å². The smallest absolute Gasteiger partial charge is 0.471 e. The van der Waals surface area contributed by atoms with Crippen LogP contribution in [0.2, 0.25) is 0 Å². The van der Waals surface area contributed by atoms with E-state index in [0.29, 0.717) is 12.8 Å². The van der Waals surface area contributed by atoms with E-state index in [1.807, 2.05) is 0 Å². The monoisotopic (exact) mass is 352 g/mol. The average Bonchev–Trinajstić information content (AvgIpc) is 2.85. The molecule has 0 aromatic rings. The number of hydrogen-bond acceptors (Lipinski definition) is 3. The molecule has 2 amide bonds. The summed E-state index contributed by atoms with van der Waals surface area (Å²) >= 11 is 0. The van der Waals surface area contributed by atoms with Gasteiger partial charge in [-0.05, 0) is 17.8 Å². The van der Waals surface area contributed by atoms with Gasteiger partial charge in [-0.3, -0.25) is 9.59 Å². The number of nitrogens with one attached hydrogen (secondary N) is 1. The maximum Gasteiger partial charge on any atom is 0.471 e. The van der Waals surface area contributed by atoms with E-state index >= 15 is 0 Å². The molecule has 24 heavy (non-hydrogen) atoms. The molecule has 1 fully saturated rings. The first-order chi connectivity index (χ1) is 10.8. The van der Waals surface area contributed by atoms with E-state index in [4.69, 9.17) is 0 Å². The Morgan fingerprint density at radius 1 is 1.25 bits per heavy atom. The molecule has 2 N–H and O–H groups in total. The molecule has 1 aliphatic heterocycles. The van der Waals surface area contributed by atoms with Crippen LogP contribution in [0.5, 0.6) is 0 Å². The summed E-state index contributed by atoms with van der Waals surface area (Å²) in [6, 6.07) is -2.56. The fraction of sp³-hybridized carbons (Fsp3) is 0.800. The average molecular weight is 352 g/mol. The van der Waals surface area contributed by atoms with Crippen molar-refractivity contribution in [2.24, 2.45) is 11.3 Å². The van der Waals surface area contributed by atoms with Crippen molar-refractivity contribution in [3.8, 4) is 0 Å². The van der Waals surface area contributed by atoms with Gasteiger partial charge in [-0.1, -0.05) is 34.1 Å². The molecule has 3 atom stereocenters. The van der Waals surface area contributed by atoms with Crippen molar-refractivity contribution in [2.75, 3.05) is 6.54 Å². The molecule has 1 rings (SSSR count). The van der Waals surface area contributed by atoms with Crippen LogP contribution in [0.15, 0.2) is 0 Å². The van der Waals surface area contributed by atoms with Gasteiger partial charge in [0.2, 0.25) is 5.91 Å². The van der Waals surface area contributed by atoms with E-state index in [2.05, 4.69) is 0 Å². The third-order valence-corrected chi connectivity index (χ3v) is 4.23. The van der Waals surface area contributed by atoms with Crippen molar-refractivity contribution in [1.29, 1.82) is 0 Å². The van der Waals surface area contributed by atoms with Gasteiger partial charge in [-0.15, -0.1) is 0 Å². The Morgan fingerprint density at radius 2 is 1.79 bits per heavy atom. The minimum absolute atomic E-state index is 0.142. The second kappa shape index (κ2) is 6.98. The molecule has 0 unspecified atom stereocenters. The second-order valence-corrected chi connectivity index (χ2v) is 7.04. The van der Waals surface area contributed by atoms with Crippen molar-refractivity contribution in [2.45, 2.75) is 58.8 Å². The van der Waals surface area contributed by atoms with Gasteiger partial charge < -0.3 is 15.3 Å². The zero-order valence-corrected chi connectivity index (χ0v) is 14.1. The maximum absolute atomic E-state index is 12.7. The molecule has 0 aliphatic carbocycles. The summed E-state index contributed by atoms with van der Waals surface area (Å²) in [4.78, 5) is 36.5. The van der Waals surface area contributed by atoms with Crippen molar-refractivity contribution in [3.05, 3.63) is 0 Å². The highest BCUT2D eigenvalue weighted by Gasteiger charge is 2.48. The molecule has 138 valence electrons. The van der Waals surface area contributed by atoms with Crippen LogP contribution >= 0.6 is 0 Å². The van der Waals surface area contributed by atoms with E-state index in [0.717, 1.165) is 4.90 Å². The molecule has 0 aromatic carbocycles. The predicted octanol–water partition coefficient (Wildman–Crippen LogP) is 1.79. The molecule has 0 aromatic heterocycles. The largest absolute Gasteiger partial charge is 0.480 e. The number of aliphatic carboxylic acids is 1. The van der Waals surface area contributed by atoms with Crippen LogP contribution in [0.25, 0.3) is 0 Å². The predicted molar refractivity (Wildman–Crippen MR) is 79.0 cm³/mol. The Bertz CT molecular complexity index is 514. The molecule has 1 saturated heterocycles. The molecular weight excluding hydrogens is 329 g/mol. The Balaban J connectivity index is 3.09. The highest BCUT2D eigenvalue weighted by atomic mass is 19.4. The number of amides is 2. The number of carbonyl (C=O) groups excluding carboxylic acids is 2. The van der Waals surface area contributed by atoms with Crippen LogP contribution in [0.3, 0.4) is 0 Å². The molecule has 0 radical (unpaired) electrons. The third kappa shape index (κ3) is 4.39. The van der Waals surface area contributed by atoms with Crippen molar-refractivity contribution in [3.63, 3.8) is 0 Å². The molecule has 1 heterocycles. The van der Waals surface area contributed by atoms with Gasteiger partial charge in [-0.25, -0.2) is 4.79 Å². The Morgan fingerprint density at radius 3 is 2.17 bits per heavy atom. The van der Waals surface area contributed by atoms with E-state index in [1.165, 1.54) is 20.8 Å². The van der Waals surface area contributed by atoms with E-state index in [-0.39, 0.29) is 12.5 Å². The quantitative estimate of drug-likeness (QED) is 0.808. The first-order valence-electron chi connectivity index (χ1n) is 7.71. The zero-order chi connectivity index (χ0) is 18.9. The van der Waals surface area contributed by atoms with Crippen LogP contribution in [-0.4, -0.2) is 52.6 Å². The first kappa shape index (κ1) is 20.2. The molecule has 6 nitrogen and oxygen atoms in total. The summed E-state index contributed by atoms with van der Waals surface area (Å²) in [7, 11) is 0. The van der Waals surface area contributed by atoms with Crippen molar-refractivity contribution in [1.82, 2.24) is 10.2 Å². The number of nitrogens with zero attached hydrogens (tertiary/aromatic N) is 1. The number of likely N-dealkylation sites (tertiary alicyclic amines) is 1. The molecule has 1 aliphatic rings. The fourth-order valence-corrected chi connectivity index (χ4v) is 2.89. The number of rotatable bonds is 4. The van der Waals surface area contributed by atoms with E-state index in [1.54, 1.807) is 12.2 Å². The lowest BCUT2D eigenvalue weighted by Gasteiger charge is -2.35. The lowest BCUT2D eigenvalue weighted by Crippen LogP contribution is -2.59. The minimum Gasteiger partial charge on any atom is -0.480 e. The highest BCUT2D eigenvalue weighted by Crippen LogP contribution is 2.31. The summed E-state index contributed by atoms with van der Waals surface area (Å²) in [6.45, 7) is 6.46. The normalized spacial score (nSPS) is 23.0. The molecule has 0 saturated carbocycles. The molecule has 0 spiro atoms. The Kier molecular flexibility index (Phi) is 5.89. The zero-order valence-electron chi connectivity index (χ0n) is 14.1. The van der Waals surface area contributed by atoms with Gasteiger partial charge >= 0.3 is 18.1 Å². The summed E-state index contributed by atoms with van der Waals surface area (Å²) in [5.74, 6) is -4.47. The van der Waals surface area contributed by atoms with Gasteiger partial charge in [0, 0.05) is 6.54 Å². The topological polar surface area (TPSA) is 86.7 Å². The lowest BCUT2D eigenvalue weighted by atomic mass is 9.85. The van der Waals surface area contributed by atoms with Crippen LogP contribution in [-0.2, 0) is 14.4 Å². The fourth-order valence-electron chi connectivity index (χ4n) is 2.89. The van der Waals surface area contributed by atoms with Crippen molar-refractivity contribution < 1.29 is 32.7 Å². The van der Waals surface area contributed by atoms with Crippen molar-refractivity contribution >= 4 is 17.8 Å². The summed E-state index contributed by atoms with van der Waals surface area (Å²) in [5, 5.41) is 11.1. The minimum atomic E-state index is -5.12. The standard InChI is InChI=1S/C15H23F3N2O4/c1-5-8-6-7-20(9(8)12(22)23)11(21)10(14(2,3)4)19-13(24)15(16,17)18/h8-10H,5-7H2,1-4H3,(H,19,24)(H,22,23)/t8-,9+,10-/m1/s1.